The molecule has 0 unspecified atom stereocenters. The van der Waals surface area contributed by atoms with Gasteiger partial charge < -0.3 is 10.1 Å². The summed E-state index contributed by atoms with van der Waals surface area (Å²) in [4.78, 5) is 0. The molecule has 0 saturated heterocycles. The van der Waals surface area contributed by atoms with E-state index in [9.17, 15) is 8.42 Å². The smallest absolute Gasteiger partial charge is 0.147 e. The van der Waals surface area contributed by atoms with Gasteiger partial charge in [0.1, 0.15) is 15.6 Å². The van der Waals surface area contributed by atoms with Crippen molar-refractivity contribution in [2.24, 2.45) is 0 Å². The molecule has 0 saturated carbocycles. The normalized spacial score (nSPS) is 12.4. The van der Waals surface area contributed by atoms with Crippen LogP contribution in [0.3, 0.4) is 0 Å². The quantitative estimate of drug-likeness (QED) is 0.741. The van der Waals surface area contributed by atoms with Gasteiger partial charge in [-0.2, -0.15) is 0 Å². The number of halogens is 1. The van der Waals surface area contributed by atoms with Crippen LogP contribution in [0.25, 0.3) is 0 Å². The first kappa shape index (κ1) is 18.5. The molecule has 0 radical (unpaired) electrons. The lowest BCUT2D eigenvalue weighted by Crippen LogP contribution is -2.35. The second kappa shape index (κ2) is 7.61. The molecule has 0 spiro atoms. The molecule has 1 rings (SSSR count). The second-order valence-corrected chi connectivity index (χ2v) is 9.31. The van der Waals surface area contributed by atoms with E-state index in [0.29, 0.717) is 13.0 Å². The Hall–Kier alpha value is -0.590. The maximum atomic E-state index is 11.0. The molecular formula is C15H24BrNO3S. The van der Waals surface area contributed by atoms with Gasteiger partial charge in [-0.05, 0) is 60.8 Å². The van der Waals surface area contributed by atoms with Crippen LogP contribution in [0.1, 0.15) is 32.8 Å². The van der Waals surface area contributed by atoms with Crippen molar-refractivity contribution >= 4 is 25.8 Å². The van der Waals surface area contributed by atoms with Crippen molar-refractivity contribution in [3.63, 3.8) is 0 Å². The van der Waals surface area contributed by atoms with E-state index < -0.39 is 9.84 Å². The molecular weight excluding hydrogens is 354 g/mol. The van der Waals surface area contributed by atoms with Gasteiger partial charge >= 0.3 is 0 Å². The monoisotopic (exact) mass is 377 g/mol. The summed E-state index contributed by atoms with van der Waals surface area (Å²) in [5.74, 6) is 0.890. The van der Waals surface area contributed by atoms with Gasteiger partial charge in [0.2, 0.25) is 0 Å². The third-order valence-electron chi connectivity index (χ3n) is 2.74. The number of benzene rings is 1. The Morgan fingerprint density at radius 3 is 2.48 bits per heavy atom. The molecule has 4 nitrogen and oxygen atoms in total. The Balaban J connectivity index is 2.50. The molecule has 120 valence electrons. The zero-order valence-corrected chi connectivity index (χ0v) is 15.5. The molecule has 0 fully saturated rings. The predicted molar refractivity (Wildman–Crippen MR) is 90.6 cm³/mol. The Labute approximate surface area is 136 Å². The fourth-order valence-corrected chi connectivity index (χ4v) is 2.82. The van der Waals surface area contributed by atoms with Gasteiger partial charge in [-0.1, -0.05) is 6.07 Å². The lowest BCUT2D eigenvalue weighted by Gasteiger charge is -2.20. The van der Waals surface area contributed by atoms with Crippen LogP contribution in [0.2, 0.25) is 0 Å². The van der Waals surface area contributed by atoms with Crippen LogP contribution in [0.5, 0.6) is 5.75 Å². The van der Waals surface area contributed by atoms with E-state index in [4.69, 9.17) is 4.74 Å². The molecule has 1 N–H and O–H groups in total. The van der Waals surface area contributed by atoms with Crippen molar-refractivity contribution in [2.75, 3.05) is 18.6 Å². The summed E-state index contributed by atoms with van der Waals surface area (Å²) in [6.45, 7) is 7.56. The fourth-order valence-electron chi connectivity index (χ4n) is 1.64. The number of ether oxygens (including phenoxy) is 1. The molecule has 0 atom stereocenters. The minimum atomic E-state index is -2.92. The lowest BCUT2D eigenvalue weighted by molar-refractivity contribution is 0.315. The summed E-state index contributed by atoms with van der Waals surface area (Å²) in [6.07, 6.45) is 1.73. The second-order valence-electron chi connectivity index (χ2n) is 6.20. The van der Waals surface area contributed by atoms with Crippen molar-refractivity contribution in [3.05, 3.63) is 28.2 Å². The third kappa shape index (κ3) is 8.44. The first-order valence-corrected chi connectivity index (χ1v) is 9.76. The Bertz CT molecular complexity index is 565. The van der Waals surface area contributed by atoms with E-state index in [2.05, 4.69) is 42.0 Å². The highest BCUT2D eigenvalue weighted by atomic mass is 79.9. The van der Waals surface area contributed by atoms with Gasteiger partial charge in [0.25, 0.3) is 0 Å². The Kier molecular flexibility index (Phi) is 6.69. The Morgan fingerprint density at radius 1 is 1.29 bits per heavy atom. The van der Waals surface area contributed by atoms with Crippen LogP contribution < -0.4 is 10.1 Å². The standard InChI is InChI=1S/C15H24BrNO3S/c1-15(2,3)17-11-12-6-7-14(13(16)10-12)20-8-5-9-21(4,18)19/h6-7,10,17H,5,8-9,11H2,1-4H3. The number of hydrogen-bond donors (Lipinski definition) is 1. The third-order valence-corrected chi connectivity index (χ3v) is 4.39. The van der Waals surface area contributed by atoms with Gasteiger partial charge in [0, 0.05) is 18.3 Å². The van der Waals surface area contributed by atoms with Crippen LogP contribution >= 0.6 is 15.9 Å². The molecule has 0 aliphatic heterocycles. The fraction of sp³-hybridized carbons (Fsp3) is 0.600. The Morgan fingerprint density at radius 2 is 1.95 bits per heavy atom. The minimum Gasteiger partial charge on any atom is -0.492 e. The van der Waals surface area contributed by atoms with Crippen LogP contribution in [0, 0.1) is 0 Å². The highest BCUT2D eigenvalue weighted by molar-refractivity contribution is 9.10. The maximum Gasteiger partial charge on any atom is 0.147 e. The highest BCUT2D eigenvalue weighted by Gasteiger charge is 2.09. The van der Waals surface area contributed by atoms with Crippen LogP contribution in [0.15, 0.2) is 22.7 Å². The molecule has 0 bridgehead atoms. The van der Waals surface area contributed by atoms with Gasteiger partial charge in [0.05, 0.1) is 16.8 Å². The SMILES string of the molecule is CC(C)(C)NCc1ccc(OCCCS(C)(=O)=O)c(Br)c1. The molecule has 1 aromatic carbocycles. The average Bonchev–Trinajstić information content (AvgIpc) is 2.32. The zero-order valence-electron chi connectivity index (χ0n) is 13.1. The van der Waals surface area contributed by atoms with E-state index in [0.717, 1.165) is 16.8 Å². The molecule has 0 aliphatic rings. The minimum absolute atomic E-state index is 0.0767. The maximum absolute atomic E-state index is 11.0. The van der Waals surface area contributed by atoms with Gasteiger partial charge in [-0.15, -0.1) is 0 Å². The van der Waals surface area contributed by atoms with E-state index in [1.165, 1.54) is 11.8 Å². The lowest BCUT2D eigenvalue weighted by atomic mass is 10.1. The summed E-state index contributed by atoms with van der Waals surface area (Å²) in [5, 5.41) is 3.43. The van der Waals surface area contributed by atoms with Gasteiger partial charge in [-0.25, -0.2) is 8.42 Å². The molecule has 0 aromatic heterocycles. The summed E-state index contributed by atoms with van der Waals surface area (Å²) in [7, 11) is -2.92. The topological polar surface area (TPSA) is 55.4 Å². The molecule has 0 aliphatic carbocycles. The number of hydrogen-bond acceptors (Lipinski definition) is 4. The van der Waals surface area contributed by atoms with E-state index in [-0.39, 0.29) is 11.3 Å². The summed E-state index contributed by atoms with van der Waals surface area (Å²) in [6, 6.07) is 5.93. The molecule has 21 heavy (non-hydrogen) atoms. The number of rotatable bonds is 7. The average molecular weight is 378 g/mol. The van der Waals surface area contributed by atoms with E-state index in [1.807, 2.05) is 18.2 Å². The molecule has 6 heteroatoms. The molecule has 1 aromatic rings. The molecule has 0 heterocycles. The summed E-state index contributed by atoms with van der Waals surface area (Å²) >= 11 is 3.49. The van der Waals surface area contributed by atoms with Crippen molar-refractivity contribution < 1.29 is 13.2 Å². The summed E-state index contributed by atoms with van der Waals surface area (Å²) < 4.78 is 28.6. The van der Waals surface area contributed by atoms with Crippen LogP contribution in [-0.4, -0.2) is 32.6 Å². The highest BCUT2D eigenvalue weighted by Crippen LogP contribution is 2.26. The van der Waals surface area contributed by atoms with Crippen molar-refractivity contribution in [2.45, 2.75) is 39.3 Å². The number of nitrogens with one attached hydrogen (secondary N) is 1. The zero-order chi connectivity index (χ0) is 16.1. The first-order chi connectivity index (χ1) is 9.57. The largest absolute Gasteiger partial charge is 0.492 e. The number of sulfone groups is 1. The van der Waals surface area contributed by atoms with E-state index >= 15 is 0 Å². The van der Waals surface area contributed by atoms with Crippen LogP contribution in [-0.2, 0) is 16.4 Å². The van der Waals surface area contributed by atoms with E-state index in [1.54, 1.807) is 0 Å². The van der Waals surface area contributed by atoms with Crippen molar-refractivity contribution in [3.8, 4) is 5.75 Å². The van der Waals surface area contributed by atoms with Crippen LogP contribution in [0.4, 0.5) is 0 Å². The van der Waals surface area contributed by atoms with Crippen molar-refractivity contribution in [1.29, 1.82) is 0 Å². The van der Waals surface area contributed by atoms with Gasteiger partial charge in [0.15, 0.2) is 0 Å². The molecule has 0 amide bonds. The summed E-state index contributed by atoms with van der Waals surface area (Å²) in [5.41, 5.74) is 1.24. The predicted octanol–water partition coefficient (Wildman–Crippen LogP) is 3.15. The van der Waals surface area contributed by atoms with Gasteiger partial charge in [-0.3, -0.25) is 0 Å². The van der Waals surface area contributed by atoms with Crippen molar-refractivity contribution in [1.82, 2.24) is 5.32 Å². The first-order valence-electron chi connectivity index (χ1n) is 6.91.